The van der Waals surface area contributed by atoms with Crippen LogP contribution in [-0.2, 0) is 19.7 Å². The van der Waals surface area contributed by atoms with Gasteiger partial charge < -0.3 is 10.1 Å². The van der Waals surface area contributed by atoms with E-state index in [1.165, 1.54) is 0 Å². The van der Waals surface area contributed by atoms with E-state index in [9.17, 15) is 14.4 Å². The van der Waals surface area contributed by atoms with Crippen LogP contribution in [0, 0.1) is 0 Å². The van der Waals surface area contributed by atoms with Crippen molar-refractivity contribution in [3.8, 4) is 0 Å². The molecule has 1 heterocycles. The van der Waals surface area contributed by atoms with E-state index >= 15 is 0 Å². The van der Waals surface area contributed by atoms with Crippen LogP contribution in [-0.4, -0.2) is 17.7 Å². The Morgan fingerprint density at radius 3 is 2.40 bits per heavy atom. The maximum atomic E-state index is 12.4. The molecule has 0 saturated carbocycles. The van der Waals surface area contributed by atoms with Gasteiger partial charge in [0, 0.05) is 12.0 Å². The van der Waals surface area contributed by atoms with Gasteiger partial charge >= 0.3 is 5.97 Å². The van der Waals surface area contributed by atoms with E-state index in [4.69, 9.17) is 4.74 Å². The number of carbonyl (C=O) groups excluding carboxylic acids is 3. The third kappa shape index (κ3) is 3.45. The highest BCUT2D eigenvalue weighted by atomic mass is 16.6. The Bertz CT molecular complexity index is 827. The average Bonchev–Trinajstić information content (AvgIpc) is 2.91. The number of Topliss-reactive ketones (excluding diaryl/α,β-unsaturated/α-hetero) is 1. The van der Waals surface area contributed by atoms with Gasteiger partial charge in [0.2, 0.25) is 12.0 Å². The molecule has 0 saturated heterocycles. The number of fused-ring (bicyclic) bond motifs is 1. The molecule has 2 aromatic rings. The minimum absolute atomic E-state index is 0.0607. The van der Waals surface area contributed by atoms with Gasteiger partial charge in [-0.15, -0.1) is 0 Å². The second-order valence-electron chi connectivity index (χ2n) is 6.70. The predicted octanol–water partition coefficient (Wildman–Crippen LogP) is 2.91. The summed E-state index contributed by atoms with van der Waals surface area (Å²) < 4.78 is 5.14. The molecule has 1 atom stereocenters. The number of carbonyl (C=O) groups is 3. The van der Waals surface area contributed by atoms with Crippen LogP contribution < -0.4 is 5.32 Å². The first-order valence-corrected chi connectivity index (χ1v) is 8.07. The lowest BCUT2D eigenvalue weighted by molar-refractivity contribution is -0.140. The summed E-state index contributed by atoms with van der Waals surface area (Å²) in [7, 11) is 0. The quantitative estimate of drug-likeness (QED) is 0.672. The van der Waals surface area contributed by atoms with E-state index in [2.05, 4.69) is 5.32 Å². The Balaban J connectivity index is 1.68. The van der Waals surface area contributed by atoms with Gasteiger partial charge in [0.1, 0.15) is 0 Å². The van der Waals surface area contributed by atoms with E-state index in [1.54, 1.807) is 24.3 Å². The SMILES string of the molecule is CC(C)(CC(=O)C(=O)NC1OC(=O)c2ccccc21)c1ccccc1. The summed E-state index contributed by atoms with van der Waals surface area (Å²) in [4.78, 5) is 36.4. The molecule has 0 bridgehead atoms. The van der Waals surface area contributed by atoms with E-state index in [1.807, 2.05) is 44.2 Å². The number of hydrogen-bond donors (Lipinski definition) is 1. The van der Waals surface area contributed by atoms with Gasteiger partial charge in [0.15, 0.2) is 0 Å². The second kappa shape index (κ2) is 6.51. The van der Waals surface area contributed by atoms with E-state index < -0.39 is 29.3 Å². The maximum Gasteiger partial charge on any atom is 0.340 e. The molecule has 25 heavy (non-hydrogen) atoms. The predicted molar refractivity (Wildman–Crippen MR) is 91.8 cm³/mol. The Morgan fingerprint density at radius 1 is 1.04 bits per heavy atom. The number of rotatable bonds is 5. The lowest BCUT2D eigenvalue weighted by Gasteiger charge is -2.24. The van der Waals surface area contributed by atoms with Gasteiger partial charge in [-0.05, 0) is 17.0 Å². The number of cyclic esters (lactones) is 1. The van der Waals surface area contributed by atoms with Crippen molar-refractivity contribution >= 4 is 17.7 Å². The molecule has 0 aromatic heterocycles. The monoisotopic (exact) mass is 337 g/mol. The molecule has 1 aliphatic rings. The van der Waals surface area contributed by atoms with Crippen LogP contribution in [0.25, 0.3) is 0 Å². The third-order valence-corrected chi connectivity index (χ3v) is 4.36. The molecule has 3 rings (SSSR count). The van der Waals surface area contributed by atoms with Crippen molar-refractivity contribution in [1.82, 2.24) is 5.32 Å². The van der Waals surface area contributed by atoms with Crippen molar-refractivity contribution in [1.29, 1.82) is 0 Å². The number of esters is 1. The summed E-state index contributed by atoms with van der Waals surface area (Å²) in [6.07, 6.45) is -0.856. The first-order chi connectivity index (χ1) is 11.9. The highest BCUT2D eigenvalue weighted by Gasteiger charge is 2.34. The average molecular weight is 337 g/mol. The zero-order valence-corrected chi connectivity index (χ0v) is 14.1. The first-order valence-electron chi connectivity index (χ1n) is 8.07. The summed E-state index contributed by atoms with van der Waals surface area (Å²) in [5.41, 5.74) is 1.48. The number of amides is 1. The second-order valence-corrected chi connectivity index (χ2v) is 6.70. The van der Waals surface area contributed by atoms with Crippen molar-refractivity contribution in [2.45, 2.75) is 31.9 Å². The Labute approximate surface area is 146 Å². The van der Waals surface area contributed by atoms with Crippen LogP contribution in [0.1, 0.15) is 48.0 Å². The zero-order chi connectivity index (χ0) is 18.0. The standard InChI is InChI=1S/C20H19NO4/c1-20(2,13-8-4-3-5-9-13)12-16(22)17(23)21-18-14-10-6-7-11-15(14)19(24)25-18/h3-11,18H,12H2,1-2H3,(H,21,23). The van der Waals surface area contributed by atoms with Gasteiger partial charge in [0.05, 0.1) is 5.56 Å². The fraction of sp³-hybridized carbons (Fsp3) is 0.250. The van der Waals surface area contributed by atoms with Crippen molar-refractivity contribution in [2.75, 3.05) is 0 Å². The minimum atomic E-state index is -0.917. The smallest absolute Gasteiger partial charge is 0.340 e. The Hall–Kier alpha value is -2.95. The molecule has 1 unspecified atom stereocenters. The van der Waals surface area contributed by atoms with Crippen LogP contribution in [0.15, 0.2) is 54.6 Å². The summed E-state index contributed by atoms with van der Waals surface area (Å²) in [5, 5.41) is 2.51. The van der Waals surface area contributed by atoms with Crippen molar-refractivity contribution in [3.05, 3.63) is 71.3 Å². The molecular formula is C20H19NO4. The van der Waals surface area contributed by atoms with Crippen molar-refractivity contribution < 1.29 is 19.1 Å². The Morgan fingerprint density at radius 2 is 1.68 bits per heavy atom. The lowest BCUT2D eigenvalue weighted by Crippen LogP contribution is -2.37. The third-order valence-electron chi connectivity index (χ3n) is 4.36. The molecule has 0 aliphatic carbocycles. The first kappa shape index (κ1) is 16.9. The molecule has 128 valence electrons. The highest BCUT2D eigenvalue weighted by Crippen LogP contribution is 2.29. The number of ketones is 1. The van der Waals surface area contributed by atoms with E-state index in [-0.39, 0.29) is 6.42 Å². The fourth-order valence-corrected chi connectivity index (χ4v) is 2.93. The van der Waals surface area contributed by atoms with Crippen LogP contribution in [0.4, 0.5) is 0 Å². The molecule has 1 N–H and O–H groups in total. The lowest BCUT2D eigenvalue weighted by atomic mass is 9.80. The molecule has 1 amide bonds. The number of nitrogens with one attached hydrogen (secondary N) is 1. The normalized spacial score (nSPS) is 16.1. The molecule has 0 spiro atoms. The summed E-state index contributed by atoms with van der Waals surface area (Å²) in [5.74, 6) is -1.80. The number of ether oxygens (including phenoxy) is 1. The number of hydrogen-bond acceptors (Lipinski definition) is 4. The van der Waals surface area contributed by atoms with Gasteiger partial charge in [0.25, 0.3) is 5.91 Å². The van der Waals surface area contributed by atoms with Crippen LogP contribution in [0.2, 0.25) is 0 Å². The van der Waals surface area contributed by atoms with Gasteiger partial charge in [-0.2, -0.15) is 0 Å². The molecule has 5 heteroatoms. The van der Waals surface area contributed by atoms with Crippen LogP contribution >= 0.6 is 0 Å². The van der Waals surface area contributed by atoms with Crippen molar-refractivity contribution in [2.24, 2.45) is 0 Å². The van der Waals surface area contributed by atoms with Gasteiger partial charge in [-0.3, -0.25) is 9.59 Å². The molecular weight excluding hydrogens is 318 g/mol. The Kier molecular flexibility index (Phi) is 4.40. The zero-order valence-electron chi connectivity index (χ0n) is 14.1. The molecule has 5 nitrogen and oxygen atoms in total. The molecule has 0 fully saturated rings. The fourth-order valence-electron chi connectivity index (χ4n) is 2.93. The van der Waals surface area contributed by atoms with E-state index in [0.717, 1.165) is 5.56 Å². The highest BCUT2D eigenvalue weighted by molar-refractivity contribution is 6.36. The van der Waals surface area contributed by atoms with Crippen molar-refractivity contribution in [3.63, 3.8) is 0 Å². The molecule has 2 aromatic carbocycles. The minimum Gasteiger partial charge on any atom is -0.434 e. The van der Waals surface area contributed by atoms with Gasteiger partial charge in [-0.25, -0.2) is 4.79 Å². The van der Waals surface area contributed by atoms with E-state index in [0.29, 0.717) is 11.1 Å². The van der Waals surface area contributed by atoms with Crippen LogP contribution in [0.5, 0.6) is 0 Å². The van der Waals surface area contributed by atoms with Gasteiger partial charge in [-0.1, -0.05) is 62.4 Å². The summed E-state index contributed by atoms with van der Waals surface area (Å²) in [6.45, 7) is 3.83. The largest absolute Gasteiger partial charge is 0.434 e. The number of benzene rings is 2. The topological polar surface area (TPSA) is 72.5 Å². The van der Waals surface area contributed by atoms with Crippen LogP contribution in [0.3, 0.4) is 0 Å². The summed E-state index contributed by atoms with van der Waals surface area (Å²) >= 11 is 0. The molecule has 0 radical (unpaired) electrons. The molecule has 1 aliphatic heterocycles. The summed E-state index contributed by atoms with van der Waals surface area (Å²) in [6, 6.07) is 16.4. The maximum absolute atomic E-state index is 12.4.